The molecule has 5 rings (SSSR count). The molecule has 1 N–H and O–H groups in total. The fraction of sp³-hybridized carbons (Fsp3) is 0.375. The van der Waals surface area contributed by atoms with Gasteiger partial charge in [0.1, 0.15) is 5.52 Å². The molecular weight excluding hydrogens is 414 g/mol. The van der Waals surface area contributed by atoms with Crippen LogP contribution in [0.3, 0.4) is 0 Å². The number of anilines is 1. The van der Waals surface area contributed by atoms with Crippen LogP contribution in [0.2, 0.25) is 5.02 Å². The average Bonchev–Trinajstić information content (AvgIpc) is 3.38. The molecule has 2 amide bonds. The summed E-state index contributed by atoms with van der Waals surface area (Å²) >= 11 is 6.04. The molecule has 0 radical (unpaired) electrons. The van der Waals surface area contributed by atoms with E-state index in [0.717, 1.165) is 48.4 Å². The summed E-state index contributed by atoms with van der Waals surface area (Å²) in [5, 5.41) is 3.82. The third kappa shape index (κ3) is 4.17. The highest BCUT2D eigenvalue weighted by Crippen LogP contribution is 2.35. The van der Waals surface area contributed by atoms with Gasteiger partial charge in [-0.25, -0.2) is 4.98 Å². The molecule has 2 aliphatic rings. The molecular formula is C24H24ClN3O3. The first kappa shape index (κ1) is 20.1. The summed E-state index contributed by atoms with van der Waals surface area (Å²) in [4.78, 5) is 31.5. The van der Waals surface area contributed by atoms with Crippen molar-refractivity contribution in [2.45, 2.75) is 44.1 Å². The molecule has 1 aliphatic carbocycles. The van der Waals surface area contributed by atoms with Gasteiger partial charge in [-0.15, -0.1) is 0 Å². The van der Waals surface area contributed by atoms with Gasteiger partial charge < -0.3 is 14.6 Å². The van der Waals surface area contributed by atoms with Gasteiger partial charge in [-0.3, -0.25) is 9.59 Å². The molecule has 0 spiro atoms. The molecule has 31 heavy (non-hydrogen) atoms. The van der Waals surface area contributed by atoms with Gasteiger partial charge in [-0.05, 0) is 56.0 Å². The summed E-state index contributed by atoms with van der Waals surface area (Å²) in [7, 11) is 0. The smallest absolute Gasteiger partial charge is 0.227 e. The largest absolute Gasteiger partial charge is 0.440 e. The van der Waals surface area contributed by atoms with E-state index in [9.17, 15) is 9.59 Å². The molecule has 160 valence electrons. The Labute approximate surface area is 185 Å². The average molecular weight is 438 g/mol. The number of benzene rings is 2. The lowest BCUT2D eigenvalue weighted by molar-refractivity contribution is -0.127. The maximum atomic E-state index is 12.8. The molecule has 1 aromatic heterocycles. The predicted octanol–water partition coefficient (Wildman–Crippen LogP) is 4.68. The predicted molar refractivity (Wildman–Crippen MR) is 119 cm³/mol. The van der Waals surface area contributed by atoms with Gasteiger partial charge in [0.15, 0.2) is 11.5 Å². The highest BCUT2D eigenvalue weighted by molar-refractivity contribution is 6.31. The molecule has 1 saturated carbocycles. The van der Waals surface area contributed by atoms with Crippen molar-refractivity contribution >= 4 is 40.2 Å². The zero-order valence-corrected chi connectivity index (χ0v) is 17.8. The standard InChI is InChI=1S/C24H24ClN3O3/c25-17-8-11-21-20(13-17)27-24(31-21)15-6-9-18(10-7-15)26-23(30)16-12-22(29)28(14-16)19-4-2-1-3-5-19/h1-5,8,11,13,15-16,18H,6-7,9-10,12,14H2,(H,26,30). The number of carbonyl (C=O) groups is 2. The number of amides is 2. The van der Waals surface area contributed by atoms with E-state index in [0.29, 0.717) is 11.6 Å². The number of para-hydroxylation sites is 1. The number of aromatic nitrogens is 1. The summed E-state index contributed by atoms with van der Waals surface area (Å²) in [6.45, 7) is 0.440. The van der Waals surface area contributed by atoms with E-state index < -0.39 is 0 Å². The van der Waals surface area contributed by atoms with E-state index in [1.165, 1.54) is 0 Å². The van der Waals surface area contributed by atoms with Crippen molar-refractivity contribution in [3.8, 4) is 0 Å². The zero-order valence-electron chi connectivity index (χ0n) is 17.1. The number of hydrogen-bond donors (Lipinski definition) is 1. The normalized spacial score (nSPS) is 24.0. The fourth-order valence-corrected chi connectivity index (χ4v) is 4.80. The van der Waals surface area contributed by atoms with Gasteiger partial charge in [0.25, 0.3) is 0 Å². The van der Waals surface area contributed by atoms with Crippen molar-refractivity contribution in [1.29, 1.82) is 0 Å². The molecule has 1 unspecified atom stereocenters. The van der Waals surface area contributed by atoms with Crippen LogP contribution in [0.5, 0.6) is 0 Å². The van der Waals surface area contributed by atoms with Crippen molar-refractivity contribution in [3.05, 3.63) is 59.4 Å². The molecule has 2 fully saturated rings. The minimum Gasteiger partial charge on any atom is -0.440 e. The van der Waals surface area contributed by atoms with Gasteiger partial charge in [-0.1, -0.05) is 29.8 Å². The first-order chi connectivity index (χ1) is 15.1. The Kier molecular flexibility index (Phi) is 5.40. The van der Waals surface area contributed by atoms with Crippen LogP contribution >= 0.6 is 11.6 Å². The molecule has 3 aromatic rings. The highest BCUT2D eigenvalue weighted by atomic mass is 35.5. The van der Waals surface area contributed by atoms with Gasteiger partial charge in [0.05, 0.1) is 5.92 Å². The SMILES string of the molecule is O=C(NC1CCC(c2nc3cc(Cl)ccc3o2)CC1)C1CC(=O)N(c2ccccc2)C1. The van der Waals surface area contributed by atoms with Crippen LogP contribution in [-0.4, -0.2) is 29.4 Å². The van der Waals surface area contributed by atoms with E-state index in [-0.39, 0.29) is 36.1 Å². The lowest BCUT2D eigenvalue weighted by atomic mass is 9.85. The number of oxazole rings is 1. The van der Waals surface area contributed by atoms with Crippen LogP contribution in [0.25, 0.3) is 11.1 Å². The van der Waals surface area contributed by atoms with E-state index in [1.54, 1.807) is 11.0 Å². The number of nitrogens with one attached hydrogen (secondary N) is 1. The highest BCUT2D eigenvalue weighted by Gasteiger charge is 2.36. The summed E-state index contributed by atoms with van der Waals surface area (Å²) in [6.07, 6.45) is 3.83. The first-order valence-electron chi connectivity index (χ1n) is 10.8. The first-order valence-corrected chi connectivity index (χ1v) is 11.2. The van der Waals surface area contributed by atoms with Gasteiger partial charge >= 0.3 is 0 Å². The quantitative estimate of drug-likeness (QED) is 0.643. The zero-order chi connectivity index (χ0) is 21.4. The lowest BCUT2D eigenvalue weighted by Crippen LogP contribution is -2.41. The van der Waals surface area contributed by atoms with Gasteiger partial charge in [-0.2, -0.15) is 0 Å². The maximum Gasteiger partial charge on any atom is 0.227 e. The summed E-state index contributed by atoms with van der Waals surface area (Å²) < 4.78 is 5.93. The van der Waals surface area contributed by atoms with E-state index in [1.807, 2.05) is 42.5 Å². The van der Waals surface area contributed by atoms with E-state index >= 15 is 0 Å². The molecule has 6 nitrogen and oxygen atoms in total. The number of fused-ring (bicyclic) bond motifs is 1. The van der Waals surface area contributed by atoms with Crippen molar-refractivity contribution in [1.82, 2.24) is 10.3 Å². The second kappa shape index (κ2) is 8.35. The minimum atomic E-state index is -0.299. The van der Waals surface area contributed by atoms with Crippen LogP contribution in [-0.2, 0) is 9.59 Å². The topological polar surface area (TPSA) is 75.4 Å². The second-order valence-electron chi connectivity index (χ2n) is 8.46. The maximum absolute atomic E-state index is 12.8. The van der Waals surface area contributed by atoms with E-state index in [4.69, 9.17) is 16.0 Å². The Morgan fingerprint density at radius 3 is 2.65 bits per heavy atom. The molecule has 2 aromatic carbocycles. The molecule has 0 bridgehead atoms. The second-order valence-corrected chi connectivity index (χ2v) is 8.90. The Bertz CT molecular complexity index is 1110. The lowest BCUT2D eigenvalue weighted by Gasteiger charge is -2.28. The van der Waals surface area contributed by atoms with E-state index in [2.05, 4.69) is 10.3 Å². The number of rotatable bonds is 4. The fourth-order valence-electron chi connectivity index (χ4n) is 4.64. The Balaban J connectivity index is 1.16. The minimum absolute atomic E-state index is 0.00567. The molecule has 1 aliphatic heterocycles. The Morgan fingerprint density at radius 1 is 1.10 bits per heavy atom. The number of hydrogen-bond acceptors (Lipinski definition) is 4. The van der Waals surface area contributed by atoms with Crippen molar-refractivity contribution < 1.29 is 14.0 Å². The van der Waals surface area contributed by atoms with Crippen molar-refractivity contribution in [2.24, 2.45) is 5.92 Å². The van der Waals surface area contributed by atoms with Crippen LogP contribution in [0.1, 0.15) is 43.9 Å². The van der Waals surface area contributed by atoms with Gasteiger partial charge in [0.2, 0.25) is 11.8 Å². The number of halogens is 1. The third-order valence-corrected chi connectivity index (χ3v) is 6.59. The molecule has 7 heteroatoms. The molecule has 2 heterocycles. The van der Waals surface area contributed by atoms with Crippen LogP contribution in [0.4, 0.5) is 5.69 Å². The number of carbonyl (C=O) groups excluding carboxylic acids is 2. The summed E-state index contributed by atoms with van der Waals surface area (Å²) in [6, 6.07) is 15.1. The number of nitrogens with zero attached hydrogens (tertiary/aromatic N) is 2. The van der Waals surface area contributed by atoms with Crippen LogP contribution in [0.15, 0.2) is 52.9 Å². The Morgan fingerprint density at radius 2 is 1.87 bits per heavy atom. The summed E-state index contributed by atoms with van der Waals surface area (Å²) in [5.74, 6) is 0.688. The monoisotopic (exact) mass is 437 g/mol. The van der Waals surface area contributed by atoms with Crippen molar-refractivity contribution in [2.75, 3.05) is 11.4 Å². The summed E-state index contributed by atoms with van der Waals surface area (Å²) in [5.41, 5.74) is 2.39. The van der Waals surface area contributed by atoms with Crippen LogP contribution in [0, 0.1) is 5.92 Å². The molecule has 1 atom stereocenters. The third-order valence-electron chi connectivity index (χ3n) is 6.35. The van der Waals surface area contributed by atoms with Crippen LogP contribution < -0.4 is 10.2 Å². The van der Waals surface area contributed by atoms with Gasteiger partial charge in [0, 0.05) is 35.6 Å². The molecule has 1 saturated heterocycles. The Hall–Kier alpha value is -2.86. The van der Waals surface area contributed by atoms with Crippen molar-refractivity contribution in [3.63, 3.8) is 0 Å².